The molecule has 196 valence electrons. The lowest BCUT2D eigenvalue weighted by Crippen LogP contribution is -2.48. The van der Waals surface area contributed by atoms with Crippen LogP contribution in [0.2, 0.25) is 0 Å². The van der Waals surface area contributed by atoms with E-state index in [2.05, 4.69) is 4.90 Å². The van der Waals surface area contributed by atoms with Gasteiger partial charge < -0.3 is 29.0 Å². The monoisotopic (exact) mass is 502 g/mol. The normalized spacial score (nSPS) is 20.9. The van der Waals surface area contributed by atoms with Gasteiger partial charge in [0.2, 0.25) is 5.91 Å². The average Bonchev–Trinajstić information content (AvgIpc) is 3.19. The second kappa shape index (κ2) is 12.4. The van der Waals surface area contributed by atoms with Crippen LogP contribution in [0, 0.1) is 5.82 Å². The summed E-state index contributed by atoms with van der Waals surface area (Å²) in [7, 11) is 1.61. The maximum absolute atomic E-state index is 13.1. The minimum absolute atomic E-state index is 0.0360. The number of nitrogens with zero attached hydrogens (tertiary/aromatic N) is 2. The fourth-order valence-corrected chi connectivity index (χ4v) is 4.53. The smallest absolute Gasteiger partial charge is 0.222 e. The number of benzene rings is 2. The SMILES string of the molecule is COc1cc(CN2CCOC[C@](O)(COc3ccc(F)cc3)C2)ccc1OCCCN1CCCC1=O. The maximum atomic E-state index is 13.1. The summed E-state index contributed by atoms with van der Waals surface area (Å²) in [6, 6.07) is 11.6. The summed E-state index contributed by atoms with van der Waals surface area (Å²) in [5.41, 5.74) is -0.181. The molecule has 2 aliphatic heterocycles. The van der Waals surface area contributed by atoms with Gasteiger partial charge in [-0.1, -0.05) is 6.07 Å². The predicted molar refractivity (Wildman–Crippen MR) is 132 cm³/mol. The molecular weight excluding hydrogens is 467 g/mol. The molecule has 2 saturated heterocycles. The molecule has 0 aromatic heterocycles. The Kier molecular flexibility index (Phi) is 9.01. The number of hydrogen-bond donors (Lipinski definition) is 1. The Morgan fingerprint density at radius 3 is 2.69 bits per heavy atom. The van der Waals surface area contributed by atoms with Crippen molar-refractivity contribution in [2.75, 3.05) is 59.7 Å². The second-order valence-corrected chi connectivity index (χ2v) is 9.40. The van der Waals surface area contributed by atoms with E-state index in [0.29, 0.717) is 63.1 Å². The second-order valence-electron chi connectivity index (χ2n) is 9.40. The number of likely N-dealkylation sites (tertiary alicyclic amines) is 1. The first-order valence-corrected chi connectivity index (χ1v) is 12.4. The molecule has 1 N–H and O–H groups in total. The standard InChI is InChI=1S/C27H35FN2O6/c1-33-25-16-21(5-10-24(25)35-14-3-12-30-11-2-4-26(30)31)17-29-13-15-34-19-27(32,18-29)20-36-23-8-6-22(28)7-9-23/h5-10,16,32H,2-4,11-15,17-20H2,1H3/t27-/m0/s1. The third-order valence-corrected chi connectivity index (χ3v) is 6.40. The van der Waals surface area contributed by atoms with Gasteiger partial charge in [0.25, 0.3) is 0 Å². The summed E-state index contributed by atoms with van der Waals surface area (Å²) in [5, 5.41) is 11.1. The number of rotatable bonds is 11. The van der Waals surface area contributed by atoms with E-state index in [0.717, 1.165) is 24.9 Å². The summed E-state index contributed by atoms with van der Waals surface area (Å²) in [4.78, 5) is 15.7. The third-order valence-electron chi connectivity index (χ3n) is 6.40. The molecule has 0 spiro atoms. The largest absolute Gasteiger partial charge is 0.493 e. The van der Waals surface area contributed by atoms with Gasteiger partial charge in [0.05, 0.1) is 26.9 Å². The number of carbonyl (C=O) groups excluding carboxylic acids is 1. The van der Waals surface area contributed by atoms with E-state index in [1.165, 1.54) is 24.3 Å². The van der Waals surface area contributed by atoms with Crippen molar-refractivity contribution in [3.8, 4) is 17.2 Å². The highest BCUT2D eigenvalue weighted by Crippen LogP contribution is 2.29. The molecule has 1 atom stereocenters. The lowest BCUT2D eigenvalue weighted by Gasteiger charge is -2.30. The highest BCUT2D eigenvalue weighted by atomic mass is 19.1. The van der Waals surface area contributed by atoms with E-state index in [4.69, 9.17) is 18.9 Å². The molecule has 2 aromatic carbocycles. The van der Waals surface area contributed by atoms with Crippen molar-refractivity contribution in [1.29, 1.82) is 0 Å². The molecule has 0 saturated carbocycles. The van der Waals surface area contributed by atoms with E-state index in [1.807, 2.05) is 23.1 Å². The highest BCUT2D eigenvalue weighted by molar-refractivity contribution is 5.77. The van der Waals surface area contributed by atoms with Crippen LogP contribution in [0.15, 0.2) is 42.5 Å². The van der Waals surface area contributed by atoms with E-state index < -0.39 is 5.60 Å². The van der Waals surface area contributed by atoms with Crippen molar-refractivity contribution in [1.82, 2.24) is 9.80 Å². The van der Waals surface area contributed by atoms with Crippen LogP contribution in [-0.4, -0.2) is 86.1 Å². The Labute approximate surface area is 211 Å². The fraction of sp³-hybridized carbons (Fsp3) is 0.519. The van der Waals surface area contributed by atoms with Crippen LogP contribution in [-0.2, 0) is 16.1 Å². The number of ether oxygens (including phenoxy) is 4. The molecule has 2 aliphatic rings. The molecule has 1 amide bonds. The van der Waals surface area contributed by atoms with E-state index >= 15 is 0 Å². The number of halogens is 1. The first-order chi connectivity index (χ1) is 17.4. The molecule has 0 bridgehead atoms. The Morgan fingerprint density at radius 1 is 1.11 bits per heavy atom. The van der Waals surface area contributed by atoms with Crippen LogP contribution in [0.4, 0.5) is 4.39 Å². The molecule has 2 aromatic rings. The zero-order chi connectivity index (χ0) is 25.4. The average molecular weight is 503 g/mol. The van der Waals surface area contributed by atoms with Crippen LogP contribution in [0.3, 0.4) is 0 Å². The van der Waals surface area contributed by atoms with Crippen LogP contribution in [0.25, 0.3) is 0 Å². The number of hydrogen-bond acceptors (Lipinski definition) is 7. The third kappa shape index (κ3) is 7.32. The van der Waals surface area contributed by atoms with Gasteiger partial charge in [-0.15, -0.1) is 0 Å². The van der Waals surface area contributed by atoms with Crippen LogP contribution in [0.5, 0.6) is 17.2 Å². The van der Waals surface area contributed by atoms with E-state index in [9.17, 15) is 14.3 Å². The molecule has 4 rings (SSSR count). The van der Waals surface area contributed by atoms with E-state index in [-0.39, 0.29) is 24.9 Å². The number of aliphatic hydroxyl groups is 1. The van der Waals surface area contributed by atoms with Crippen molar-refractivity contribution in [3.63, 3.8) is 0 Å². The maximum Gasteiger partial charge on any atom is 0.222 e. The molecule has 0 aliphatic carbocycles. The first-order valence-electron chi connectivity index (χ1n) is 12.4. The summed E-state index contributed by atoms with van der Waals surface area (Å²) >= 11 is 0. The summed E-state index contributed by atoms with van der Waals surface area (Å²) in [6.45, 7) is 4.36. The summed E-state index contributed by atoms with van der Waals surface area (Å²) in [5.74, 6) is 1.69. The summed E-state index contributed by atoms with van der Waals surface area (Å²) in [6.07, 6.45) is 2.36. The minimum atomic E-state index is -1.20. The van der Waals surface area contributed by atoms with Crippen LogP contribution < -0.4 is 14.2 Å². The lowest BCUT2D eigenvalue weighted by atomic mass is 10.1. The Hall–Kier alpha value is -2.88. The van der Waals surface area contributed by atoms with Gasteiger partial charge in [-0.3, -0.25) is 9.69 Å². The number of β-amino-alcohol motifs (C(OH)–C–C–N with tert-alkyl or cyclic N) is 1. The first kappa shape index (κ1) is 26.2. The molecular formula is C27H35FN2O6. The van der Waals surface area contributed by atoms with Gasteiger partial charge in [0.1, 0.15) is 23.8 Å². The molecule has 2 heterocycles. The molecule has 36 heavy (non-hydrogen) atoms. The van der Waals surface area contributed by atoms with Gasteiger partial charge >= 0.3 is 0 Å². The quantitative estimate of drug-likeness (QED) is 0.474. The van der Waals surface area contributed by atoms with E-state index in [1.54, 1.807) is 7.11 Å². The van der Waals surface area contributed by atoms with Crippen LogP contribution in [0.1, 0.15) is 24.8 Å². The Balaban J connectivity index is 1.30. The van der Waals surface area contributed by atoms with Gasteiger partial charge in [0.15, 0.2) is 11.5 Å². The predicted octanol–water partition coefficient (Wildman–Crippen LogP) is 2.87. The van der Waals surface area contributed by atoms with Gasteiger partial charge in [-0.2, -0.15) is 0 Å². The molecule has 9 heteroatoms. The number of amides is 1. The topological polar surface area (TPSA) is 80.7 Å². The van der Waals surface area contributed by atoms with Crippen molar-refractivity contribution in [2.45, 2.75) is 31.4 Å². The van der Waals surface area contributed by atoms with Crippen molar-refractivity contribution < 1.29 is 33.2 Å². The minimum Gasteiger partial charge on any atom is -0.493 e. The van der Waals surface area contributed by atoms with Gasteiger partial charge in [0, 0.05) is 39.1 Å². The van der Waals surface area contributed by atoms with Crippen LogP contribution >= 0.6 is 0 Å². The molecule has 0 unspecified atom stereocenters. The van der Waals surface area contributed by atoms with Crippen molar-refractivity contribution >= 4 is 5.91 Å². The lowest BCUT2D eigenvalue weighted by molar-refractivity contribution is -0.127. The molecule has 2 fully saturated rings. The number of carbonyl (C=O) groups is 1. The highest BCUT2D eigenvalue weighted by Gasteiger charge is 2.33. The Bertz CT molecular complexity index is 1000. The number of methoxy groups -OCH3 is 1. The summed E-state index contributed by atoms with van der Waals surface area (Å²) < 4.78 is 36.0. The molecule has 8 nitrogen and oxygen atoms in total. The zero-order valence-corrected chi connectivity index (χ0v) is 20.8. The fourth-order valence-electron chi connectivity index (χ4n) is 4.53. The van der Waals surface area contributed by atoms with Crippen molar-refractivity contribution in [3.05, 3.63) is 53.8 Å². The zero-order valence-electron chi connectivity index (χ0n) is 20.8. The van der Waals surface area contributed by atoms with Crippen molar-refractivity contribution in [2.24, 2.45) is 0 Å². The molecule has 0 radical (unpaired) electrons. The van der Waals surface area contributed by atoms with Gasteiger partial charge in [-0.25, -0.2) is 4.39 Å². The Morgan fingerprint density at radius 2 is 1.94 bits per heavy atom. The van der Waals surface area contributed by atoms with Gasteiger partial charge in [-0.05, 0) is 54.8 Å².